The molecule has 1 aromatic heterocycles. The number of methoxy groups -OCH3 is 1. The van der Waals surface area contributed by atoms with Crippen LogP contribution in [-0.2, 0) is 18.3 Å². The summed E-state index contributed by atoms with van der Waals surface area (Å²) >= 11 is 0. The van der Waals surface area contributed by atoms with Crippen LogP contribution in [0.4, 0.5) is 0 Å². The highest BCUT2D eigenvalue weighted by Gasteiger charge is 2.34. The average Bonchev–Trinajstić information content (AvgIpc) is 2.85. The molecular weight excluding hydrogens is 266 g/mol. The topological polar surface area (TPSA) is 61.4 Å². The van der Waals surface area contributed by atoms with E-state index in [9.17, 15) is 5.11 Å². The molecular formula is C16H25N3O2. The molecule has 2 heterocycles. The van der Waals surface area contributed by atoms with Crippen LogP contribution < -0.4 is 0 Å². The van der Waals surface area contributed by atoms with Crippen LogP contribution in [-0.4, -0.2) is 48.0 Å². The molecule has 2 rings (SSSR count). The number of nitriles is 1. The van der Waals surface area contributed by atoms with Crippen molar-refractivity contribution in [2.24, 2.45) is 12.5 Å². The highest BCUT2D eigenvalue weighted by atomic mass is 16.5. The maximum absolute atomic E-state index is 9.81. The van der Waals surface area contributed by atoms with E-state index in [1.807, 2.05) is 23.9 Å². The van der Waals surface area contributed by atoms with Gasteiger partial charge < -0.3 is 14.4 Å². The van der Waals surface area contributed by atoms with Gasteiger partial charge in [-0.05, 0) is 37.4 Å². The Hall–Kier alpha value is -1.35. The SMILES string of the molecule is COCC[C@]1(CO)CCCN(Cc2cc(C#N)n(C)c2)C1. The summed E-state index contributed by atoms with van der Waals surface area (Å²) in [7, 11) is 3.61. The number of likely N-dealkylation sites (tertiary alicyclic amines) is 1. The second kappa shape index (κ2) is 7.08. The summed E-state index contributed by atoms with van der Waals surface area (Å²) < 4.78 is 7.05. The van der Waals surface area contributed by atoms with E-state index in [4.69, 9.17) is 10.00 Å². The number of nitrogens with zero attached hydrogens (tertiary/aromatic N) is 3. The zero-order chi connectivity index (χ0) is 15.3. The van der Waals surface area contributed by atoms with E-state index >= 15 is 0 Å². The van der Waals surface area contributed by atoms with Gasteiger partial charge >= 0.3 is 0 Å². The van der Waals surface area contributed by atoms with E-state index in [0.29, 0.717) is 12.3 Å². The Labute approximate surface area is 126 Å². The second-order valence-electron chi connectivity index (χ2n) is 6.17. The summed E-state index contributed by atoms with van der Waals surface area (Å²) in [4.78, 5) is 2.38. The average molecular weight is 291 g/mol. The number of hydrogen-bond donors (Lipinski definition) is 1. The number of aliphatic hydroxyl groups excluding tert-OH is 1. The minimum atomic E-state index is -0.0406. The molecule has 1 aliphatic heterocycles. The van der Waals surface area contributed by atoms with Gasteiger partial charge in [-0.25, -0.2) is 0 Å². The monoisotopic (exact) mass is 291 g/mol. The van der Waals surface area contributed by atoms with Crippen LogP contribution in [0.25, 0.3) is 0 Å². The molecule has 0 bridgehead atoms. The van der Waals surface area contributed by atoms with Gasteiger partial charge in [-0.3, -0.25) is 4.90 Å². The Morgan fingerprint density at radius 2 is 2.33 bits per heavy atom. The van der Waals surface area contributed by atoms with Crippen LogP contribution in [0, 0.1) is 16.7 Å². The largest absolute Gasteiger partial charge is 0.396 e. The molecule has 0 spiro atoms. The van der Waals surface area contributed by atoms with Gasteiger partial charge in [0.25, 0.3) is 0 Å². The molecule has 0 unspecified atom stereocenters. The minimum Gasteiger partial charge on any atom is -0.396 e. The Morgan fingerprint density at radius 1 is 1.52 bits per heavy atom. The van der Waals surface area contributed by atoms with Gasteiger partial charge in [0.05, 0.1) is 6.61 Å². The van der Waals surface area contributed by atoms with Gasteiger partial charge in [0, 0.05) is 45.5 Å². The molecule has 0 saturated carbocycles. The van der Waals surface area contributed by atoms with Gasteiger partial charge in [-0.15, -0.1) is 0 Å². The third-order valence-corrected chi connectivity index (χ3v) is 4.49. The van der Waals surface area contributed by atoms with Crippen LogP contribution in [0.2, 0.25) is 0 Å². The molecule has 1 aliphatic rings. The first-order valence-electron chi connectivity index (χ1n) is 7.50. The van der Waals surface area contributed by atoms with Crippen molar-refractivity contribution in [3.05, 3.63) is 23.5 Å². The van der Waals surface area contributed by atoms with Crippen LogP contribution in [0.15, 0.2) is 12.3 Å². The fraction of sp³-hybridized carbons (Fsp3) is 0.688. The molecule has 5 nitrogen and oxygen atoms in total. The smallest absolute Gasteiger partial charge is 0.120 e. The summed E-state index contributed by atoms with van der Waals surface area (Å²) in [6.07, 6.45) is 5.07. The Balaban J connectivity index is 2.01. The second-order valence-corrected chi connectivity index (χ2v) is 6.17. The van der Waals surface area contributed by atoms with Gasteiger partial charge in [-0.1, -0.05) is 0 Å². The maximum atomic E-state index is 9.81. The molecule has 1 aromatic rings. The lowest BCUT2D eigenvalue weighted by atomic mass is 9.78. The summed E-state index contributed by atoms with van der Waals surface area (Å²) in [5.41, 5.74) is 1.81. The van der Waals surface area contributed by atoms with Crippen molar-refractivity contribution >= 4 is 0 Å². The molecule has 1 fully saturated rings. The Morgan fingerprint density at radius 3 is 2.95 bits per heavy atom. The molecule has 0 radical (unpaired) electrons. The molecule has 116 valence electrons. The highest BCUT2D eigenvalue weighted by Crippen LogP contribution is 2.33. The third-order valence-electron chi connectivity index (χ3n) is 4.49. The number of aromatic nitrogens is 1. The first-order valence-corrected chi connectivity index (χ1v) is 7.50. The molecule has 5 heteroatoms. The summed E-state index contributed by atoms with van der Waals surface area (Å²) in [6.45, 7) is 3.68. The van der Waals surface area contributed by atoms with Crippen LogP contribution in [0.1, 0.15) is 30.5 Å². The number of aliphatic hydroxyl groups is 1. The molecule has 0 aromatic carbocycles. The molecule has 21 heavy (non-hydrogen) atoms. The highest BCUT2D eigenvalue weighted by molar-refractivity contribution is 5.28. The Bertz CT molecular complexity index is 506. The molecule has 0 aliphatic carbocycles. The summed E-state index contributed by atoms with van der Waals surface area (Å²) in [6, 6.07) is 4.14. The lowest BCUT2D eigenvalue weighted by Gasteiger charge is -2.41. The zero-order valence-electron chi connectivity index (χ0n) is 13.0. The first-order chi connectivity index (χ1) is 10.1. The number of rotatable bonds is 6. The normalized spacial score (nSPS) is 23.1. The summed E-state index contributed by atoms with van der Waals surface area (Å²) in [5, 5.41) is 18.8. The van der Waals surface area contributed by atoms with E-state index in [2.05, 4.69) is 11.0 Å². The number of aryl methyl sites for hydroxylation is 1. The Kier molecular flexibility index (Phi) is 5.40. The maximum Gasteiger partial charge on any atom is 0.120 e. The number of piperidine rings is 1. The van der Waals surface area contributed by atoms with Crippen molar-refractivity contribution in [2.75, 3.05) is 33.4 Å². The van der Waals surface area contributed by atoms with Crippen molar-refractivity contribution in [1.82, 2.24) is 9.47 Å². The molecule has 1 atom stereocenters. The third kappa shape index (κ3) is 3.85. The minimum absolute atomic E-state index is 0.0406. The predicted molar refractivity (Wildman–Crippen MR) is 80.7 cm³/mol. The zero-order valence-corrected chi connectivity index (χ0v) is 13.0. The van der Waals surface area contributed by atoms with Crippen LogP contribution in [0.3, 0.4) is 0 Å². The van der Waals surface area contributed by atoms with E-state index in [-0.39, 0.29) is 12.0 Å². The van der Waals surface area contributed by atoms with E-state index in [1.165, 1.54) is 0 Å². The van der Waals surface area contributed by atoms with Gasteiger partial charge in [0.15, 0.2) is 0 Å². The van der Waals surface area contributed by atoms with Crippen LogP contribution >= 0.6 is 0 Å². The van der Waals surface area contributed by atoms with E-state index < -0.39 is 0 Å². The van der Waals surface area contributed by atoms with Crippen molar-refractivity contribution in [3.63, 3.8) is 0 Å². The fourth-order valence-corrected chi connectivity index (χ4v) is 3.26. The van der Waals surface area contributed by atoms with Crippen molar-refractivity contribution in [1.29, 1.82) is 5.26 Å². The van der Waals surface area contributed by atoms with Gasteiger partial charge in [-0.2, -0.15) is 5.26 Å². The quantitative estimate of drug-likeness (QED) is 0.863. The molecule has 1 N–H and O–H groups in total. The standard InChI is InChI=1S/C16H25N3O2/c1-18-10-14(8-15(18)9-17)11-19-6-3-4-16(12-19,13-20)5-7-21-2/h8,10,20H,3-7,11-13H2,1-2H3/t16-/m1/s1. The predicted octanol–water partition coefficient (Wildman–Crippen LogP) is 1.51. The van der Waals surface area contributed by atoms with Gasteiger partial charge in [0.2, 0.25) is 0 Å². The number of ether oxygens (including phenoxy) is 1. The van der Waals surface area contributed by atoms with Crippen molar-refractivity contribution in [2.45, 2.75) is 25.8 Å². The molecule has 0 amide bonds. The van der Waals surface area contributed by atoms with Gasteiger partial charge in [0.1, 0.15) is 11.8 Å². The van der Waals surface area contributed by atoms with Crippen molar-refractivity contribution in [3.8, 4) is 6.07 Å². The van der Waals surface area contributed by atoms with E-state index in [1.54, 1.807) is 7.11 Å². The lowest BCUT2D eigenvalue weighted by Crippen LogP contribution is -2.45. The fourth-order valence-electron chi connectivity index (χ4n) is 3.26. The number of hydrogen-bond acceptors (Lipinski definition) is 4. The molecule has 1 saturated heterocycles. The van der Waals surface area contributed by atoms with Crippen molar-refractivity contribution < 1.29 is 9.84 Å². The van der Waals surface area contributed by atoms with Crippen LogP contribution in [0.5, 0.6) is 0 Å². The summed E-state index contributed by atoms with van der Waals surface area (Å²) in [5.74, 6) is 0. The lowest BCUT2D eigenvalue weighted by molar-refractivity contribution is 0.00476. The van der Waals surface area contributed by atoms with E-state index in [0.717, 1.165) is 44.5 Å². The first kappa shape index (κ1) is 16.0.